The van der Waals surface area contributed by atoms with Crippen molar-refractivity contribution in [3.63, 3.8) is 0 Å². The fourth-order valence-corrected chi connectivity index (χ4v) is 3.14. The van der Waals surface area contributed by atoms with E-state index < -0.39 is 0 Å². The van der Waals surface area contributed by atoms with Crippen molar-refractivity contribution in [2.75, 3.05) is 38.1 Å². The number of hydrogen-bond acceptors (Lipinski definition) is 5. The normalized spacial score (nSPS) is 15.3. The largest absolute Gasteiger partial charge is 0.369 e. The van der Waals surface area contributed by atoms with Crippen molar-refractivity contribution in [3.8, 4) is 0 Å². The third-order valence-electron chi connectivity index (χ3n) is 4.60. The van der Waals surface area contributed by atoms with Crippen molar-refractivity contribution in [3.05, 3.63) is 69.8 Å². The first-order valence-corrected chi connectivity index (χ1v) is 8.59. The molecule has 0 saturated carbocycles. The highest BCUT2D eigenvalue weighted by molar-refractivity contribution is 5.54. The smallest absolute Gasteiger partial charge is 0.269 e. The van der Waals surface area contributed by atoms with Gasteiger partial charge < -0.3 is 15.1 Å². The lowest BCUT2D eigenvalue weighted by Crippen LogP contribution is -2.44. The number of nitro benzene ring substituents is 1. The Morgan fingerprint density at radius 1 is 1.04 bits per heavy atom. The van der Waals surface area contributed by atoms with E-state index in [0.29, 0.717) is 6.54 Å². The Balaban J connectivity index is 1.62. The maximum absolute atomic E-state index is 10.9. The summed E-state index contributed by atoms with van der Waals surface area (Å²) in [7, 11) is 2.16. The zero-order valence-corrected chi connectivity index (χ0v) is 14.5. The van der Waals surface area contributed by atoms with Gasteiger partial charge in [-0.1, -0.05) is 30.3 Å². The topological polar surface area (TPSA) is 61.6 Å². The molecule has 0 bridgehead atoms. The van der Waals surface area contributed by atoms with Gasteiger partial charge in [-0.2, -0.15) is 0 Å². The van der Waals surface area contributed by atoms with Crippen LogP contribution in [0.3, 0.4) is 0 Å². The number of anilines is 1. The third kappa shape index (κ3) is 4.55. The van der Waals surface area contributed by atoms with Crippen LogP contribution in [-0.2, 0) is 13.1 Å². The van der Waals surface area contributed by atoms with Crippen molar-refractivity contribution in [1.82, 2.24) is 10.2 Å². The van der Waals surface area contributed by atoms with E-state index in [0.717, 1.165) is 38.3 Å². The van der Waals surface area contributed by atoms with Crippen molar-refractivity contribution in [2.45, 2.75) is 13.1 Å². The van der Waals surface area contributed by atoms with Gasteiger partial charge in [-0.25, -0.2) is 0 Å². The minimum atomic E-state index is -0.355. The fourth-order valence-electron chi connectivity index (χ4n) is 3.14. The molecule has 1 heterocycles. The molecular weight excluding hydrogens is 316 g/mol. The summed E-state index contributed by atoms with van der Waals surface area (Å²) in [6.45, 7) is 5.59. The van der Waals surface area contributed by atoms with Crippen LogP contribution < -0.4 is 10.2 Å². The van der Waals surface area contributed by atoms with Crippen LogP contribution in [0.2, 0.25) is 0 Å². The van der Waals surface area contributed by atoms with E-state index in [4.69, 9.17) is 0 Å². The minimum absolute atomic E-state index is 0.136. The second kappa shape index (κ2) is 8.09. The molecule has 3 rings (SSSR count). The predicted molar refractivity (Wildman–Crippen MR) is 99.8 cm³/mol. The van der Waals surface area contributed by atoms with E-state index in [1.807, 2.05) is 6.07 Å². The molecule has 0 aliphatic carbocycles. The summed E-state index contributed by atoms with van der Waals surface area (Å²) < 4.78 is 0. The van der Waals surface area contributed by atoms with Crippen LogP contribution in [0.25, 0.3) is 0 Å². The zero-order valence-electron chi connectivity index (χ0n) is 14.5. The van der Waals surface area contributed by atoms with Gasteiger partial charge in [0, 0.05) is 57.1 Å². The molecule has 0 amide bonds. The Morgan fingerprint density at radius 2 is 1.80 bits per heavy atom. The van der Waals surface area contributed by atoms with Crippen molar-refractivity contribution in [1.29, 1.82) is 0 Å². The summed E-state index contributed by atoms with van der Waals surface area (Å²) in [5.41, 5.74) is 3.60. The van der Waals surface area contributed by atoms with Gasteiger partial charge in [0.25, 0.3) is 5.69 Å². The number of non-ortho nitro benzene ring substituents is 1. The quantitative estimate of drug-likeness (QED) is 0.647. The highest BCUT2D eigenvalue weighted by Gasteiger charge is 2.16. The number of piperazine rings is 1. The lowest BCUT2D eigenvalue weighted by atomic mass is 10.1. The Hall–Kier alpha value is -2.44. The molecule has 0 unspecified atom stereocenters. The van der Waals surface area contributed by atoms with E-state index in [2.05, 4.69) is 46.4 Å². The van der Waals surface area contributed by atoms with E-state index in [9.17, 15) is 10.1 Å². The van der Waals surface area contributed by atoms with E-state index >= 15 is 0 Å². The van der Waals surface area contributed by atoms with Crippen molar-refractivity contribution < 1.29 is 4.92 Å². The molecule has 1 N–H and O–H groups in total. The molecule has 132 valence electrons. The molecule has 0 atom stereocenters. The van der Waals surface area contributed by atoms with Gasteiger partial charge in [-0.3, -0.25) is 10.1 Å². The summed E-state index contributed by atoms with van der Waals surface area (Å²) in [6.07, 6.45) is 0. The standard InChI is InChI=1S/C19H24N4O2/c1-21-9-11-22(12-10-21)19-8-3-2-6-17(19)15-20-14-16-5-4-7-18(13-16)23(24)25/h2-8,13,20H,9-12,14-15H2,1H3. The molecular formula is C19H24N4O2. The molecule has 0 aromatic heterocycles. The molecule has 1 saturated heterocycles. The average molecular weight is 340 g/mol. The SMILES string of the molecule is CN1CCN(c2ccccc2CNCc2cccc([N+](=O)[O-])c2)CC1. The number of nitrogens with one attached hydrogen (secondary N) is 1. The van der Waals surface area contributed by atoms with Gasteiger partial charge in [0.15, 0.2) is 0 Å². The molecule has 25 heavy (non-hydrogen) atoms. The number of rotatable bonds is 6. The summed E-state index contributed by atoms with van der Waals surface area (Å²) in [5.74, 6) is 0. The van der Waals surface area contributed by atoms with Gasteiger partial charge in [-0.05, 0) is 24.2 Å². The molecule has 2 aromatic rings. The monoisotopic (exact) mass is 340 g/mol. The first-order chi connectivity index (χ1) is 12.1. The lowest BCUT2D eigenvalue weighted by Gasteiger charge is -2.35. The molecule has 1 aliphatic rings. The van der Waals surface area contributed by atoms with Gasteiger partial charge in [0.2, 0.25) is 0 Å². The first-order valence-electron chi connectivity index (χ1n) is 8.59. The van der Waals surface area contributed by atoms with E-state index in [1.165, 1.54) is 17.3 Å². The summed E-state index contributed by atoms with van der Waals surface area (Å²) in [5, 5.41) is 14.3. The van der Waals surface area contributed by atoms with Crippen LogP contribution >= 0.6 is 0 Å². The summed E-state index contributed by atoms with van der Waals surface area (Å²) in [6, 6.07) is 15.2. The Kier molecular flexibility index (Phi) is 5.63. The lowest BCUT2D eigenvalue weighted by molar-refractivity contribution is -0.384. The number of likely N-dealkylation sites (N-methyl/N-ethyl adjacent to an activating group) is 1. The van der Waals surface area contributed by atoms with Crippen molar-refractivity contribution in [2.24, 2.45) is 0 Å². The van der Waals surface area contributed by atoms with Gasteiger partial charge >= 0.3 is 0 Å². The Morgan fingerprint density at radius 3 is 2.56 bits per heavy atom. The first kappa shape index (κ1) is 17.4. The van der Waals surface area contributed by atoms with E-state index in [-0.39, 0.29) is 10.6 Å². The Labute approximate surface area is 148 Å². The van der Waals surface area contributed by atoms with Crippen LogP contribution in [0, 0.1) is 10.1 Å². The molecule has 0 radical (unpaired) electrons. The van der Waals surface area contributed by atoms with E-state index in [1.54, 1.807) is 12.1 Å². The average Bonchev–Trinajstić information content (AvgIpc) is 2.63. The highest BCUT2D eigenvalue weighted by atomic mass is 16.6. The fraction of sp³-hybridized carbons (Fsp3) is 0.368. The molecule has 6 nitrogen and oxygen atoms in total. The van der Waals surface area contributed by atoms with Gasteiger partial charge in [0.1, 0.15) is 0 Å². The molecule has 1 aliphatic heterocycles. The highest BCUT2D eigenvalue weighted by Crippen LogP contribution is 2.22. The van der Waals surface area contributed by atoms with Crippen LogP contribution in [-0.4, -0.2) is 43.0 Å². The maximum atomic E-state index is 10.9. The molecule has 2 aromatic carbocycles. The number of benzene rings is 2. The van der Waals surface area contributed by atoms with Crippen LogP contribution in [0.4, 0.5) is 11.4 Å². The van der Waals surface area contributed by atoms with Crippen molar-refractivity contribution >= 4 is 11.4 Å². The Bertz CT molecular complexity index is 727. The third-order valence-corrected chi connectivity index (χ3v) is 4.60. The second-order valence-corrected chi connectivity index (χ2v) is 6.45. The van der Waals surface area contributed by atoms with Crippen LogP contribution in [0.5, 0.6) is 0 Å². The predicted octanol–water partition coefficient (Wildman–Crippen LogP) is 2.64. The maximum Gasteiger partial charge on any atom is 0.269 e. The van der Waals surface area contributed by atoms with Crippen LogP contribution in [0.1, 0.15) is 11.1 Å². The zero-order chi connectivity index (χ0) is 17.6. The summed E-state index contributed by atoms with van der Waals surface area (Å²) in [4.78, 5) is 15.3. The van der Waals surface area contributed by atoms with Gasteiger partial charge in [0.05, 0.1) is 4.92 Å². The molecule has 1 fully saturated rings. The summed E-state index contributed by atoms with van der Waals surface area (Å²) >= 11 is 0. The number of nitro groups is 1. The van der Waals surface area contributed by atoms with Gasteiger partial charge in [-0.15, -0.1) is 0 Å². The number of nitrogens with zero attached hydrogens (tertiary/aromatic N) is 3. The second-order valence-electron chi connectivity index (χ2n) is 6.45. The van der Waals surface area contributed by atoms with Crippen LogP contribution in [0.15, 0.2) is 48.5 Å². The number of hydrogen-bond donors (Lipinski definition) is 1. The molecule has 6 heteroatoms. The number of para-hydroxylation sites is 1. The minimum Gasteiger partial charge on any atom is -0.369 e. The molecule has 0 spiro atoms.